The molecule has 9 heteroatoms. The first kappa shape index (κ1) is 20.3. The van der Waals surface area contributed by atoms with Crippen LogP contribution in [0, 0.1) is 10.1 Å². The first-order valence-corrected chi connectivity index (χ1v) is 9.12. The van der Waals surface area contributed by atoms with E-state index in [0.717, 1.165) is 18.9 Å². The average Bonchev–Trinajstić information content (AvgIpc) is 3.25. The van der Waals surface area contributed by atoms with Crippen LogP contribution in [-0.2, 0) is 4.74 Å². The molecule has 0 spiro atoms. The molecular weight excluding hydrogens is 378 g/mol. The van der Waals surface area contributed by atoms with Crippen molar-refractivity contribution in [3.05, 3.63) is 63.7 Å². The Morgan fingerprint density at radius 2 is 2.03 bits per heavy atom. The number of nitro benzene ring substituents is 1. The third-order valence-corrected chi connectivity index (χ3v) is 4.57. The summed E-state index contributed by atoms with van der Waals surface area (Å²) >= 11 is 0. The molecule has 2 aromatic rings. The molecule has 0 saturated carbocycles. The number of nitro groups is 1. The van der Waals surface area contributed by atoms with Crippen molar-refractivity contribution in [3.8, 4) is 5.75 Å². The third-order valence-electron chi connectivity index (χ3n) is 4.57. The normalized spacial score (nSPS) is 15.6. The molecule has 1 aliphatic heterocycles. The Hall–Kier alpha value is -3.46. The van der Waals surface area contributed by atoms with Gasteiger partial charge in [0.1, 0.15) is 0 Å². The van der Waals surface area contributed by atoms with Gasteiger partial charge >= 0.3 is 5.69 Å². The summed E-state index contributed by atoms with van der Waals surface area (Å²) in [6.45, 7) is 1.09. The SMILES string of the molecule is COc1ccc(C(=O)Nc2ccccc2C(=O)NCC2CCCO2)cc1[N+](=O)[O-]. The minimum atomic E-state index is -0.623. The molecule has 0 radical (unpaired) electrons. The quantitative estimate of drug-likeness (QED) is 0.546. The molecule has 1 fully saturated rings. The lowest BCUT2D eigenvalue weighted by Crippen LogP contribution is -2.32. The van der Waals surface area contributed by atoms with Gasteiger partial charge in [0.05, 0.1) is 29.4 Å². The molecule has 0 aromatic heterocycles. The molecule has 29 heavy (non-hydrogen) atoms. The van der Waals surface area contributed by atoms with Crippen molar-refractivity contribution < 1.29 is 24.0 Å². The minimum Gasteiger partial charge on any atom is -0.490 e. The number of hydrogen-bond donors (Lipinski definition) is 2. The van der Waals surface area contributed by atoms with Crippen LogP contribution in [0.25, 0.3) is 0 Å². The van der Waals surface area contributed by atoms with Crippen molar-refractivity contribution in [1.29, 1.82) is 0 Å². The monoisotopic (exact) mass is 399 g/mol. The number of para-hydroxylation sites is 1. The van der Waals surface area contributed by atoms with Crippen molar-refractivity contribution in [2.45, 2.75) is 18.9 Å². The Bertz CT molecular complexity index is 924. The molecule has 1 saturated heterocycles. The summed E-state index contributed by atoms with van der Waals surface area (Å²) < 4.78 is 10.4. The Morgan fingerprint density at radius 1 is 1.24 bits per heavy atom. The highest BCUT2D eigenvalue weighted by Gasteiger charge is 2.21. The van der Waals surface area contributed by atoms with Gasteiger partial charge in [-0.25, -0.2) is 0 Å². The van der Waals surface area contributed by atoms with Gasteiger partial charge in [-0.3, -0.25) is 19.7 Å². The van der Waals surface area contributed by atoms with E-state index >= 15 is 0 Å². The average molecular weight is 399 g/mol. The van der Waals surface area contributed by atoms with E-state index < -0.39 is 10.8 Å². The van der Waals surface area contributed by atoms with E-state index in [9.17, 15) is 19.7 Å². The molecule has 1 unspecified atom stereocenters. The van der Waals surface area contributed by atoms with Gasteiger partial charge in [0, 0.05) is 24.8 Å². The summed E-state index contributed by atoms with van der Waals surface area (Å²) in [4.78, 5) is 35.7. The zero-order valence-electron chi connectivity index (χ0n) is 15.8. The fourth-order valence-corrected chi connectivity index (χ4v) is 3.07. The fourth-order valence-electron chi connectivity index (χ4n) is 3.07. The lowest BCUT2D eigenvalue weighted by Gasteiger charge is -2.14. The minimum absolute atomic E-state index is 0.000511. The molecule has 2 amide bonds. The largest absolute Gasteiger partial charge is 0.490 e. The van der Waals surface area contributed by atoms with Gasteiger partial charge in [-0.05, 0) is 37.1 Å². The number of anilines is 1. The smallest absolute Gasteiger partial charge is 0.311 e. The Morgan fingerprint density at radius 3 is 2.72 bits per heavy atom. The number of carbonyl (C=O) groups excluding carboxylic acids is 2. The predicted octanol–water partition coefficient (Wildman–Crippen LogP) is 2.76. The first-order valence-electron chi connectivity index (χ1n) is 9.12. The Kier molecular flexibility index (Phi) is 6.40. The number of nitrogens with one attached hydrogen (secondary N) is 2. The predicted molar refractivity (Wildman–Crippen MR) is 105 cm³/mol. The lowest BCUT2D eigenvalue weighted by atomic mass is 10.1. The second-order valence-corrected chi connectivity index (χ2v) is 6.49. The van der Waals surface area contributed by atoms with Crippen LogP contribution in [0.15, 0.2) is 42.5 Å². The molecule has 2 N–H and O–H groups in total. The van der Waals surface area contributed by atoms with Crippen LogP contribution in [0.5, 0.6) is 5.75 Å². The summed E-state index contributed by atoms with van der Waals surface area (Å²) in [6.07, 6.45) is 1.87. The van der Waals surface area contributed by atoms with Crippen molar-refractivity contribution in [2.75, 3.05) is 25.6 Å². The highest BCUT2D eigenvalue weighted by molar-refractivity contribution is 6.09. The molecule has 1 heterocycles. The van der Waals surface area contributed by atoms with Crippen molar-refractivity contribution in [2.24, 2.45) is 0 Å². The summed E-state index contributed by atoms with van der Waals surface area (Å²) in [5.74, 6) is -0.854. The maximum atomic E-state index is 12.6. The van der Waals surface area contributed by atoms with Crippen LogP contribution >= 0.6 is 0 Å². The lowest BCUT2D eigenvalue weighted by molar-refractivity contribution is -0.385. The van der Waals surface area contributed by atoms with Crippen molar-refractivity contribution >= 4 is 23.2 Å². The van der Waals surface area contributed by atoms with E-state index in [1.807, 2.05) is 0 Å². The standard InChI is InChI=1S/C20H21N3O6/c1-28-18-9-8-13(11-17(18)23(26)27)19(24)22-16-7-3-2-6-15(16)20(25)21-12-14-5-4-10-29-14/h2-3,6-9,11,14H,4-5,10,12H2,1H3,(H,21,25)(H,22,24). The topological polar surface area (TPSA) is 120 Å². The Balaban J connectivity index is 1.74. The molecule has 1 aliphatic rings. The Labute approximate surface area is 167 Å². The maximum Gasteiger partial charge on any atom is 0.311 e. The summed E-state index contributed by atoms with van der Waals surface area (Å²) in [6, 6.07) is 10.5. The zero-order valence-corrected chi connectivity index (χ0v) is 15.8. The van der Waals surface area contributed by atoms with Crippen molar-refractivity contribution in [3.63, 3.8) is 0 Å². The van der Waals surface area contributed by atoms with Crippen molar-refractivity contribution in [1.82, 2.24) is 5.32 Å². The second kappa shape index (κ2) is 9.16. The first-order chi connectivity index (χ1) is 14.0. The summed E-state index contributed by atoms with van der Waals surface area (Å²) in [5.41, 5.74) is 0.359. The maximum absolute atomic E-state index is 12.6. The molecule has 0 aliphatic carbocycles. The highest BCUT2D eigenvalue weighted by atomic mass is 16.6. The molecular formula is C20H21N3O6. The number of benzene rings is 2. The fraction of sp³-hybridized carbons (Fsp3) is 0.300. The summed E-state index contributed by atoms with van der Waals surface area (Å²) in [7, 11) is 1.31. The van der Waals surface area contributed by atoms with Crippen LogP contribution in [0.3, 0.4) is 0 Å². The zero-order chi connectivity index (χ0) is 20.8. The third kappa shape index (κ3) is 4.88. The van der Waals surface area contributed by atoms with Gasteiger partial charge in [0.15, 0.2) is 5.75 Å². The molecule has 152 valence electrons. The second-order valence-electron chi connectivity index (χ2n) is 6.49. The number of amides is 2. The van der Waals surface area contributed by atoms with E-state index in [1.54, 1.807) is 24.3 Å². The van der Waals surface area contributed by atoms with Crippen LogP contribution in [0.2, 0.25) is 0 Å². The van der Waals surface area contributed by atoms with Gasteiger partial charge in [-0.1, -0.05) is 12.1 Å². The number of hydrogen-bond acceptors (Lipinski definition) is 6. The summed E-state index contributed by atoms with van der Waals surface area (Å²) in [5, 5.41) is 16.6. The molecule has 2 aromatic carbocycles. The van der Waals surface area contributed by atoms with E-state index in [-0.39, 0.29) is 29.0 Å². The van der Waals surface area contributed by atoms with Gasteiger partial charge < -0.3 is 20.1 Å². The number of methoxy groups -OCH3 is 1. The van der Waals surface area contributed by atoms with Crippen LogP contribution in [-0.4, -0.2) is 43.1 Å². The number of rotatable bonds is 7. The van der Waals surface area contributed by atoms with E-state index in [1.165, 1.54) is 19.2 Å². The number of nitrogens with zero attached hydrogens (tertiary/aromatic N) is 1. The number of carbonyl (C=O) groups is 2. The molecule has 9 nitrogen and oxygen atoms in total. The van der Waals surface area contributed by atoms with Crippen LogP contribution in [0.4, 0.5) is 11.4 Å². The molecule has 0 bridgehead atoms. The van der Waals surface area contributed by atoms with Gasteiger partial charge in [-0.2, -0.15) is 0 Å². The van der Waals surface area contributed by atoms with Crippen LogP contribution < -0.4 is 15.4 Å². The number of ether oxygens (including phenoxy) is 2. The van der Waals surface area contributed by atoms with E-state index in [0.29, 0.717) is 24.4 Å². The highest BCUT2D eigenvalue weighted by Crippen LogP contribution is 2.28. The van der Waals surface area contributed by atoms with Gasteiger partial charge in [0.2, 0.25) is 0 Å². The molecule has 1 atom stereocenters. The molecule has 3 rings (SSSR count). The van der Waals surface area contributed by atoms with E-state index in [2.05, 4.69) is 10.6 Å². The van der Waals surface area contributed by atoms with Crippen LogP contribution in [0.1, 0.15) is 33.6 Å². The van der Waals surface area contributed by atoms with Gasteiger partial charge in [0.25, 0.3) is 11.8 Å². The van der Waals surface area contributed by atoms with E-state index in [4.69, 9.17) is 9.47 Å². The van der Waals surface area contributed by atoms with Gasteiger partial charge in [-0.15, -0.1) is 0 Å².